The van der Waals surface area contributed by atoms with E-state index >= 15 is 0 Å². The molecule has 30 heavy (non-hydrogen) atoms. The molecule has 0 aliphatic heterocycles. The SMILES string of the molecule is COc1cccc(CN(C(=O)CCSc2ccccc2)[C@H](C)C(=O)NCC(C)C)c1. The van der Waals surface area contributed by atoms with E-state index in [1.54, 1.807) is 30.7 Å². The molecule has 0 unspecified atom stereocenters. The fourth-order valence-corrected chi connectivity index (χ4v) is 3.78. The summed E-state index contributed by atoms with van der Waals surface area (Å²) in [7, 11) is 1.62. The molecule has 0 aromatic heterocycles. The minimum absolute atomic E-state index is 0.0338. The zero-order valence-corrected chi connectivity index (χ0v) is 19.1. The first-order valence-electron chi connectivity index (χ1n) is 10.3. The van der Waals surface area contributed by atoms with Crippen LogP contribution < -0.4 is 10.1 Å². The lowest BCUT2D eigenvalue weighted by atomic mass is 10.1. The number of nitrogens with zero attached hydrogens (tertiary/aromatic N) is 1. The van der Waals surface area contributed by atoms with E-state index < -0.39 is 6.04 Å². The maximum atomic E-state index is 13.1. The average Bonchev–Trinajstić information content (AvgIpc) is 2.76. The topological polar surface area (TPSA) is 58.6 Å². The summed E-state index contributed by atoms with van der Waals surface area (Å²) in [5.41, 5.74) is 0.932. The number of carbonyl (C=O) groups is 2. The van der Waals surface area contributed by atoms with Gasteiger partial charge in [-0.25, -0.2) is 0 Å². The summed E-state index contributed by atoms with van der Waals surface area (Å²) in [5, 5.41) is 2.94. The lowest BCUT2D eigenvalue weighted by Gasteiger charge is -2.29. The van der Waals surface area contributed by atoms with Crippen LogP contribution in [-0.4, -0.2) is 42.2 Å². The van der Waals surface area contributed by atoms with Gasteiger partial charge in [-0.1, -0.05) is 44.2 Å². The normalized spacial score (nSPS) is 11.8. The number of benzene rings is 2. The van der Waals surface area contributed by atoms with Crippen molar-refractivity contribution < 1.29 is 14.3 Å². The molecule has 0 bridgehead atoms. The molecule has 1 N–H and O–H groups in total. The Bertz CT molecular complexity index is 811. The highest BCUT2D eigenvalue weighted by Crippen LogP contribution is 2.20. The number of nitrogens with one attached hydrogen (secondary N) is 1. The van der Waals surface area contributed by atoms with E-state index in [0.29, 0.717) is 31.2 Å². The van der Waals surface area contributed by atoms with Gasteiger partial charge in [-0.15, -0.1) is 11.8 Å². The maximum Gasteiger partial charge on any atom is 0.242 e. The lowest BCUT2D eigenvalue weighted by molar-refractivity contribution is -0.140. The van der Waals surface area contributed by atoms with Gasteiger partial charge in [-0.2, -0.15) is 0 Å². The predicted octanol–water partition coefficient (Wildman–Crippen LogP) is 4.37. The van der Waals surface area contributed by atoms with Crippen molar-refractivity contribution in [1.29, 1.82) is 0 Å². The number of rotatable bonds is 11. The zero-order valence-electron chi connectivity index (χ0n) is 18.3. The number of hydrogen-bond donors (Lipinski definition) is 1. The molecule has 162 valence electrons. The molecular formula is C24H32N2O3S. The van der Waals surface area contributed by atoms with Gasteiger partial charge in [0.15, 0.2) is 0 Å². The van der Waals surface area contributed by atoms with E-state index in [9.17, 15) is 9.59 Å². The number of methoxy groups -OCH3 is 1. The molecular weight excluding hydrogens is 396 g/mol. The van der Waals surface area contributed by atoms with Crippen molar-refractivity contribution in [2.45, 2.75) is 44.7 Å². The monoisotopic (exact) mass is 428 g/mol. The molecule has 0 fully saturated rings. The Morgan fingerprint density at radius 2 is 1.80 bits per heavy atom. The molecule has 0 aliphatic carbocycles. The molecule has 0 spiro atoms. The van der Waals surface area contributed by atoms with Gasteiger partial charge in [0.1, 0.15) is 11.8 Å². The number of amides is 2. The van der Waals surface area contributed by atoms with Crippen LogP contribution in [0, 0.1) is 5.92 Å². The highest BCUT2D eigenvalue weighted by Gasteiger charge is 2.26. The largest absolute Gasteiger partial charge is 0.497 e. The van der Waals surface area contributed by atoms with E-state index in [1.165, 1.54) is 0 Å². The Morgan fingerprint density at radius 1 is 1.07 bits per heavy atom. The fraction of sp³-hybridized carbons (Fsp3) is 0.417. The second-order valence-corrected chi connectivity index (χ2v) is 8.77. The molecule has 0 heterocycles. The second-order valence-electron chi connectivity index (χ2n) is 7.60. The van der Waals surface area contributed by atoms with Gasteiger partial charge >= 0.3 is 0 Å². The van der Waals surface area contributed by atoms with E-state index in [-0.39, 0.29) is 11.8 Å². The third-order valence-electron chi connectivity index (χ3n) is 4.67. The summed E-state index contributed by atoms with van der Waals surface area (Å²) in [4.78, 5) is 28.5. The van der Waals surface area contributed by atoms with Crippen molar-refractivity contribution in [3.8, 4) is 5.75 Å². The first-order chi connectivity index (χ1) is 14.4. The molecule has 0 saturated carbocycles. The summed E-state index contributed by atoms with van der Waals surface area (Å²) in [6, 6.07) is 17.1. The molecule has 0 saturated heterocycles. The third kappa shape index (κ3) is 7.75. The summed E-state index contributed by atoms with van der Waals surface area (Å²) in [6.07, 6.45) is 0.366. The summed E-state index contributed by atoms with van der Waals surface area (Å²) < 4.78 is 5.30. The van der Waals surface area contributed by atoms with Gasteiger partial charge in [0.2, 0.25) is 11.8 Å². The quantitative estimate of drug-likeness (QED) is 0.540. The molecule has 5 nitrogen and oxygen atoms in total. The average molecular weight is 429 g/mol. The van der Waals surface area contributed by atoms with Gasteiger partial charge < -0.3 is 15.0 Å². The van der Waals surface area contributed by atoms with Crippen LogP contribution in [0.15, 0.2) is 59.5 Å². The molecule has 2 rings (SSSR count). The lowest BCUT2D eigenvalue weighted by Crippen LogP contribution is -2.48. The van der Waals surface area contributed by atoms with Gasteiger partial charge in [0.25, 0.3) is 0 Å². The van der Waals surface area contributed by atoms with E-state index in [1.807, 2.05) is 68.4 Å². The fourth-order valence-electron chi connectivity index (χ4n) is 2.92. The van der Waals surface area contributed by atoms with E-state index in [2.05, 4.69) is 5.32 Å². The molecule has 0 aliphatic rings. The summed E-state index contributed by atoms with van der Waals surface area (Å²) in [5.74, 6) is 1.59. The van der Waals surface area contributed by atoms with Crippen LogP contribution in [0.3, 0.4) is 0 Å². The maximum absolute atomic E-state index is 13.1. The van der Waals surface area contributed by atoms with Crippen LogP contribution in [0.25, 0.3) is 0 Å². The molecule has 2 aromatic carbocycles. The second kappa shape index (κ2) is 12.3. The van der Waals surface area contributed by atoms with Crippen molar-refractivity contribution in [3.63, 3.8) is 0 Å². The highest BCUT2D eigenvalue weighted by molar-refractivity contribution is 7.99. The van der Waals surface area contributed by atoms with Crippen molar-refractivity contribution in [3.05, 3.63) is 60.2 Å². The van der Waals surface area contributed by atoms with Crippen molar-refractivity contribution in [1.82, 2.24) is 10.2 Å². The molecule has 2 aromatic rings. The van der Waals surface area contributed by atoms with Crippen molar-refractivity contribution in [2.24, 2.45) is 5.92 Å². The number of hydrogen-bond acceptors (Lipinski definition) is 4. The van der Waals surface area contributed by atoms with Crippen molar-refractivity contribution >= 4 is 23.6 Å². The zero-order chi connectivity index (χ0) is 21.9. The molecule has 0 radical (unpaired) electrons. The van der Waals surface area contributed by atoms with Crippen LogP contribution in [0.5, 0.6) is 5.75 Å². The summed E-state index contributed by atoms with van der Waals surface area (Å²) in [6.45, 7) is 6.84. The predicted molar refractivity (Wildman–Crippen MR) is 123 cm³/mol. The number of thioether (sulfide) groups is 1. The van der Waals surface area contributed by atoms with Crippen LogP contribution >= 0.6 is 11.8 Å². The minimum Gasteiger partial charge on any atom is -0.497 e. The van der Waals surface area contributed by atoms with E-state index in [4.69, 9.17) is 4.74 Å². The number of ether oxygens (including phenoxy) is 1. The highest BCUT2D eigenvalue weighted by atomic mass is 32.2. The van der Waals surface area contributed by atoms with Crippen LogP contribution in [0.4, 0.5) is 0 Å². The molecule has 2 amide bonds. The van der Waals surface area contributed by atoms with Gasteiger partial charge in [-0.3, -0.25) is 9.59 Å². The first kappa shape index (κ1) is 23.8. The first-order valence-corrected chi connectivity index (χ1v) is 11.3. The van der Waals surface area contributed by atoms with Crippen LogP contribution in [-0.2, 0) is 16.1 Å². The third-order valence-corrected chi connectivity index (χ3v) is 5.68. The van der Waals surface area contributed by atoms with Crippen molar-refractivity contribution in [2.75, 3.05) is 19.4 Å². The Balaban J connectivity index is 2.08. The standard InChI is InChI=1S/C24H32N2O3S/c1-18(2)16-25-24(28)19(3)26(17-20-9-8-10-21(15-20)29-4)23(27)13-14-30-22-11-6-5-7-12-22/h5-12,15,18-19H,13-14,16-17H2,1-4H3,(H,25,28)/t19-/m1/s1. The molecule has 1 atom stereocenters. The van der Waals surface area contributed by atoms with Gasteiger partial charge in [-0.05, 0) is 42.7 Å². The Morgan fingerprint density at radius 3 is 2.47 bits per heavy atom. The van der Waals surface area contributed by atoms with E-state index in [0.717, 1.165) is 16.2 Å². The minimum atomic E-state index is -0.552. The smallest absolute Gasteiger partial charge is 0.242 e. The van der Waals surface area contributed by atoms with Crippen LogP contribution in [0.1, 0.15) is 32.8 Å². The summed E-state index contributed by atoms with van der Waals surface area (Å²) >= 11 is 1.64. The molecule has 6 heteroatoms. The van der Waals surface area contributed by atoms with Gasteiger partial charge in [0, 0.05) is 30.2 Å². The Labute approximate surface area is 184 Å². The number of carbonyl (C=O) groups excluding carboxylic acids is 2. The van der Waals surface area contributed by atoms with Gasteiger partial charge in [0.05, 0.1) is 7.11 Å². The Kier molecular flexibility index (Phi) is 9.74. The van der Waals surface area contributed by atoms with Crippen LogP contribution in [0.2, 0.25) is 0 Å². The Hall–Kier alpha value is -2.47.